The van der Waals surface area contributed by atoms with Gasteiger partial charge in [0.25, 0.3) is 10.0 Å². The van der Waals surface area contributed by atoms with E-state index in [2.05, 4.69) is 5.32 Å². The zero-order valence-electron chi connectivity index (χ0n) is 23.3. The highest BCUT2D eigenvalue weighted by Gasteiger charge is 2.34. The van der Waals surface area contributed by atoms with Crippen molar-refractivity contribution in [2.75, 3.05) is 18.0 Å². The van der Waals surface area contributed by atoms with Crippen LogP contribution in [0.2, 0.25) is 15.1 Å². The van der Waals surface area contributed by atoms with Crippen LogP contribution >= 0.6 is 34.8 Å². The number of anilines is 1. The summed E-state index contributed by atoms with van der Waals surface area (Å²) in [4.78, 5) is 28.4. The van der Waals surface area contributed by atoms with Crippen molar-refractivity contribution in [1.82, 2.24) is 10.2 Å². The maximum absolute atomic E-state index is 14.1. The Morgan fingerprint density at radius 1 is 0.951 bits per heavy atom. The zero-order chi connectivity index (χ0) is 30.5. The molecular weight excluding hydrogens is 609 g/mol. The van der Waals surface area contributed by atoms with Crippen molar-refractivity contribution in [3.05, 3.63) is 86.9 Å². The predicted octanol–water partition coefficient (Wildman–Crippen LogP) is 6.10. The van der Waals surface area contributed by atoms with Gasteiger partial charge < -0.3 is 15.0 Å². The molecule has 41 heavy (non-hydrogen) atoms. The number of carbonyl (C=O) groups excluding carboxylic acids is 2. The van der Waals surface area contributed by atoms with E-state index in [0.717, 1.165) is 9.87 Å². The van der Waals surface area contributed by atoms with Crippen molar-refractivity contribution in [2.45, 2.75) is 51.2 Å². The minimum absolute atomic E-state index is 0.0378. The second-order valence-corrected chi connectivity index (χ2v) is 12.8. The highest BCUT2D eigenvalue weighted by Crippen LogP contribution is 2.35. The number of hydrogen-bond donors (Lipinski definition) is 1. The minimum Gasteiger partial charge on any atom is -0.495 e. The molecule has 1 N–H and O–H groups in total. The molecule has 0 radical (unpaired) electrons. The summed E-state index contributed by atoms with van der Waals surface area (Å²) < 4.78 is 34.4. The molecule has 220 valence electrons. The van der Waals surface area contributed by atoms with Gasteiger partial charge in [-0.15, -0.1) is 0 Å². The molecule has 1 atom stereocenters. The first-order valence-electron chi connectivity index (χ1n) is 12.7. The van der Waals surface area contributed by atoms with Gasteiger partial charge in [0, 0.05) is 33.2 Å². The molecule has 3 aromatic rings. The quantitative estimate of drug-likeness (QED) is 0.273. The molecule has 8 nitrogen and oxygen atoms in total. The monoisotopic (exact) mass is 639 g/mol. The first-order valence-corrected chi connectivity index (χ1v) is 15.3. The molecule has 0 spiro atoms. The Morgan fingerprint density at radius 2 is 1.56 bits per heavy atom. The number of halogens is 3. The molecule has 3 aromatic carbocycles. The van der Waals surface area contributed by atoms with Gasteiger partial charge in [-0.2, -0.15) is 0 Å². The van der Waals surface area contributed by atoms with Gasteiger partial charge in [0.2, 0.25) is 11.8 Å². The van der Waals surface area contributed by atoms with Gasteiger partial charge in [0.15, 0.2) is 0 Å². The largest absolute Gasteiger partial charge is 0.495 e. The number of nitrogens with zero attached hydrogens (tertiary/aromatic N) is 2. The van der Waals surface area contributed by atoms with E-state index in [-0.39, 0.29) is 33.9 Å². The number of benzene rings is 3. The average molecular weight is 641 g/mol. The van der Waals surface area contributed by atoms with E-state index < -0.39 is 34.4 Å². The van der Waals surface area contributed by atoms with E-state index in [1.165, 1.54) is 36.3 Å². The first kappa shape index (κ1) is 32.5. The number of nitrogens with one attached hydrogen (secondary N) is 1. The molecule has 0 aromatic heterocycles. The van der Waals surface area contributed by atoms with E-state index in [4.69, 9.17) is 39.5 Å². The molecule has 0 saturated heterocycles. The standard InChI is InChI=1S/C29H32Cl3N3O5S/c1-18(2)33-29(37)20(4)34(16-23-24(31)7-6-8-25(23)32)28(36)17-35(26-15-21(30)11-14-27(26)40-5)41(38,39)22-12-9-19(3)10-13-22/h6-15,18,20H,16-17H2,1-5H3,(H,33,37). The van der Waals surface area contributed by atoms with Gasteiger partial charge >= 0.3 is 0 Å². The number of ether oxygens (including phenoxy) is 1. The fourth-order valence-electron chi connectivity index (χ4n) is 4.05. The molecule has 0 aliphatic rings. The van der Waals surface area contributed by atoms with Crippen LogP contribution in [0.15, 0.2) is 65.6 Å². The van der Waals surface area contributed by atoms with E-state index in [0.29, 0.717) is 15.6 Å². The van der Waals surface area contributed by atoms with E-state index in [1.807, 2.05) is 6.92 Å². The summed E-state index contributed by atoms with van der Waals surface area (Å²) in [6.07, 6.45) is 0. The summed E-state index contributed by atoms with van der Waals surface area (Å²) in [5.74, 6) is -0.918. The molecule has 0 aliphatic carbocycles. The molecular formula is C29H32Cl3N3O5S. The lowest BCUT2D eigenvalue weighted by Gasteiger charge is -2.33. The van der Waals surface area contributed by atoms with Crippen LogP contribution in [0.1, 0.15) is 31.9 Å². The van der Waals surface area contributed by atoms with E-state index in [1.54, 1.807) is 57.2 Å². The summed E-state index contributed by atoms with van der Waals surface area (Å²) in [6.45, 7) is 6.16. The maximum atomic E-state index is 14.1. The fraction of sp³-hybridized carbons (Fsp3) is 0.310. The lowest BCUT2D eigenvalue weighted by Crippen LogP contribution is -2.52. The second-order valence-electron chi connectivity index (χ2n) is 9.70. The molecule has 0 aliphatic heterocycles. The number of hydrogen-bond acceptors (Lipinski definition) is 5. The normalized spacial score (nSPS) is 12.1. The maximum Gasteiger partial charge on any atom is 0.264 e. The van der Waals surface area contributed by atoms with Gasteiger partial charge in [0.1, 0.15) is 18.3 Å². The SMILES string of the molecule is COc1ccc(Cl)cc1N(CC(=O)N(Cc1c(Cl)cccc1Cl)C(C)C(=O)NC(C)C)S(=O)(=O)c1ccc(C)cc1. The van der Waals surface area contributed by atoms with Gasteiger partial charge in [-0.05, 0) is 70.2 Å². The number of amides is 2. The van der Waals surface area contributed by atoms with Crippen LogP contribution in [0.5, 0.6) is 5.75 Å². The Morgan fingerprint density at radius 3 is 2.12 bits per heavy atom. The highest BCUT2D eigenvalue weighted by atomic mass is 35.5. The topological polar surface area (TPSA) is 96.0 Å². The third kappa shape index (κ3) is 7.86. The van der Waals surface area contributed by atoms with Crippen molar-refractivity contribution in [3.63, 3.8) is 0 Å². The molecule has 0 heterocycles. The third-order valence-corrected chi connectivity index (χ3v) is 9.00. The summed E-state index contributed by atoms with van der Waals surface area (Å²) >= 11 is 19.1. The van der Waals surface area contributed by atoms with Crippen molar-refractivity contribution in [2.24, 2.45) is 0 Å². The number of methoxy groups -OCH3 is 1. The molecule has 0 fully saturated rings. The number of carbonyl (C=O) groups is 2. The van der Waals surface area contributed by atoms with Gasteiger partial charge in [0.05, 0.1) is 17.7 Å². The molecule has 12 heteroatoms. The lowest BCUT2D eigenvalue weighted by molar-refractivity contribution is -0.139. The molecule has 2 amide bonds. The first-order chi connectivity index (χ1) is 19.3. The number of aryl methyl sites for hydroxylation is 1. The Bertz CT molecular complexity index is 1490. The second kappa shape index (κ2) is 13.8. The zero-order valence-corrected chi connectivity index (χ0v) is 26.4. The lowest BCUT2D eigenvalue weighted by atomic mass is 10.1. The Kier molecular flexibility index (Phi) is 10.9. The molecule has 0 saturated carbocycles. The van der Waals surface area contributed by atoms with Crippen LogP contribution in [-0.2, 0) is 26.2 Å². The van der Waals surface area contributed by atoms with Crippen molar-refractivity contribution >= 4 is 62.3 Å². The smallest absolute Gasteiger partial charge is 0.264 e. The summed E-state index contributed by atoms with van der Waals surface area (Å²) in [7, 11) is -2.92. The van der Waals surface area contributed by atoms with E-state index >= 15 is 0 Å². The minimum atomic E-state index is -4.31. The Hall–Kier alpha value is -2.98. The van der Waals surface area contributed by atoms with Crippen molar-refractivity contribution in [3.8, 4) is 5.75 Å². The highest BCUT2D eigenvalue weighted by molar-refractivity contribution is 7.92. The number of rotatable bonds is 11. The van der Waals surface area contributed by atoms with Gasteiger partial charge in [-0.25, -0.2) is 8.42 Å². The van der Waals surface area contributed by atoms with Crippen molar-refractivity contribution in [1.29, 1.82) is 0 Å². The third-order valence-electron chi connectivity index (χ3n) is 6.29. The van der Waals surface area contributed by atoms with Gasteiger partial charge in [-0.3, -0.25) is 13.9 Å². The van der Waals surface area contributed by atoms with Crippen molar-refractivity contribution < 1.29 is 22.7 Å². The van der Waals surface area contributed by atoms with Gasteiger partial charge in [-0.1, -0.05) is 58.6 Å². The summed E-state index contributed by atoms with van der Waals surface area (Å²) in [5.41, 5.74) is 1.34. The molecule has 1 unspecified atom stereocenters. The summed E-state index contributed by atoms with van der Waals surface area (Å²) in [6, 6.07) is 14.4. The fourth-order valence-corrected chi connectivity index (χ4v) is 6.15. The van der Waals surface area contributed by atoms with Crippen LogP contribution in [0.25, 0.3) is 0 Å². The van der Waals surface area contributed by atoms with Crippen LogP contribution < -0.4 is 14.4 Å². The number of sulfonamides is 1. The van der Waals surface area contributed by atoms with Crippen LogP contribution in [0.3, 0.4) is 0 Å². The van der Waals surface area contributed by atoms with E-state index in [9.17, 15) is 18.0 Å². The Labute approximate surface area is 256 Å². The van der Waals surface area contributed by atoms with Crippen LogP contribution in [0.4, 0.5) is 5.69 Å². The molecule has 3 rings (SSSR count). The van der Waals surface area contributed by atoms with Crippen LogP contribution in [0, 0.1) is 6.92 Å². The average Bonchev–Trinajstić information content (AvgIpc) is 2.91. The Balaban J connectivity index is 2.14. The predicted molar refractivity (Wildman–Crippen MR) is 163 cm³/mol. The molecule has 0 bridgehead atoms. The van der Waals surface area contributed by atoms with Crippen LogP contribution in [-0.4, -0.2) is 50.9 Å². The summed E-state index contributed by atoms with van der Waals surface area (Å²) in [5, 5.41) is 3.63.